The molecule has 4 aromatic carbocycles. The molecule has 0 saturated heterocycles. The number of ether oxygens (including phenoxy) is 1. The topological polar surface area (TPSA) is 27.1 Å². The molecule has 1 unspecified atom stereocenters. The summed E-state index contributed by atoms with van der Waals surface area (Å²) < 4.78 is 8.61. The third-order valence-electron chi connectivity index (χ3n) is 6.52. The summed E-state index contributed by atoms with van der Waals surface area (Å²) in [5.41, 5.74) is 4.87. The number of hydrogen-bond acceptors (Lipinski definition) is 2. The summed E-state index contributed by atoms with van der Waals surface area (Å²) in [7, 11) is 0. The van der Waals surface area contributed by atoms with Gasteiger partial charge in [0.2, 0.25) is 0 Å². The van der Waals surface area contributed by atoms with E-state index in [0.717, 1.165) is 41.0 Å². The maximum Gasteiger partial charge on any atom is 0.127 e. The molecule has 1 atom stereocenters. The molecule has 0 N–H and O–H groups in total. The minimum Gasteiger partial charge on any atom is -0.491 e. The molecule has 1 heterocycles. The Morgan fingerprint density at radius 1 is 0.794 bits per heavy atom. The quantitative estimate of drug-likeness (QED) is 0.244. The van der Waals surface area contributed by atoms with Gasteiger partial charge in [0.25, 0.3) is 0 Å². The summed E-state index contributed by atoms with van der Waals surface area (Å²) in [6.45, 7) is 8.11. The Labute approximate surface area is 202 Å². The maximum absolute atomic E-state index is 6.29. The number of nitrogens with zero attached hydrogens (tertiary/aromatic N) is 2. The summed E-state index contributed by atoms with van der Waals surface area (Å²) in [5, 5.41) is 2.35. The monoisotopic (exact) mass is 448 g/mol. The fraction of sp³-hybridized carbons (Fsp3) is 0.258. The predicted molar refractivity (Wildman–Crippen MR) is 142 cm³/mol. The molecule has 0 fully saturated rings. The van der Waals surface area contributed by atoms with Gasteiger partial charge >= 0.3 is 0 Å². The fourth-order valence-corrected chi connectivity index (χ4v) is 4.79. The summed E-state index contributed by atoms with van der Waals surface area (Å²) in [4.78, 5) is 5.04. The fourth-order valence-electron chi connectivity index (χ4n) is 4.79. The first-order valence-corrected chi connectivity index (χ1v) is 12.2. The van der Waals surface area contributed by atoms with Crippen LogP contribution in [0, 0.1) is 5.92 Å². The zero-order chi connectivity index (χ0) is 23.5. The van der Waals surface area contributed by atoms with Crippen molar-refractivity contribution in [1.82, 2.24) is 9.55 Å². The maximum atomic E-state index is 6.29. The second-order valence-corrected chi connectivity index (χ2v) is 9.50. The third kappa shape index (κ3) is 4.56. The van der Waals surface area contributed by atoms with E-state index < -0.39 is 0 Å². The molecule has 3 nitrogen and oxygen atoms in total. The van der Waals surface area contributed by atoms with Crippen LogP contribution in [-0.2, 0) is 13.0 Å². The van der Waals surface area contributed by atoms with Crippen molar-refractivity contribution in [1.29, 1.82) is 0 Å². The molecule has 1 aromatic heterocycles. The van der Waals surface area contributed by atoms with Crippen molar-refractivity contribution in [3.05, 3.63) is 108 Å². The van der Waals surface area contributed by atoms with Gasteiger partial charge in [-0.1, -0.05) is 93.6 Å². The van der Waals surface area contributed by atoms with E-state index in [-0.39, 0.29) is 5.92 Å². The van der Waals surface area contributed by atoms with E-state index in [2.05, 4.69) is 116 Å². The molecule has 3 heteroatoms. The van der Waals surface area contributed by atoms with Crippen molar-refractivity contribution in [3.63, 3.8) is 0 Å². The van der Waals surface area contributed by atoms with Crippen molar-refractivity contribution in [3.8, 4) is 5.75 Å². The molecule has 172 valence electrons. The van der Waals surface area contributed by atoms with Gasteiger partial charge in [-0.25, -0.2) is 4.98 Å². The smallest absolute Gasteiger partial charge is 0.127 e. The van der Waals surface area contributed by atoms with E-state index in [4.69, 9.17) is 9.72 Å². The molecule has 0 aliphatic heterocycles. The van der Waals surface area contributed by atoms with Crippen LogP contribution in [0.3, 0.4) is 0 Å². The van der Waals surface area contributed by atoms with Crippen LogP contribution in [0.2, 0.25) is 0 Å². The first-order chi connectivity index (χ1) is 16.6. The average Bonchev–Trinajstić information content (AvgIpc) is 3.22. The van der Waals surface area contributed by atoms with Crippen molar-refractivity contribution in [2.75, 3.05) is 6.61 Å². The molecule has 0 radical (unpaired) electrons. The van der Waals surface area contributed by atoms with E-state index in [1.807, 2.05) is 0 Å². The molecule has 0 amide bonds. The Kier molecular flexibility index (Phi) is 6.35. The van der Waals surface area contributed by atoms with E-state index in [9.17, 15) is 0 Å². The minimum atomic E-state index is 0.193. The van der Waals surface area contributed by atoms with E-state index in [1.54, 1.807) is 0 Å². The Balaban J connectivity index is 1.41. The standard InChI is InChI=1S/C31H32N2O/c1-22(2)21-24-15-17-25(18-16-24)23(3)31-32-28-12-6-7-13-29(28)33(31)19-20-34-30-14-8-10-26-9-4-5-11-27(26)30/h4-18,22-23H,19-21H2,1-3H3. The predicted octanol–water partition coefficient (Wildman–Crippen LogP) is 7.62. The summed E-state index contributed by atoms with van der Waals surface area (Å²) >= 11 is 0. The lowest BCUT2D eigenvalue weighted by Gasteiger charge is -2.17. The lowest BCUT2D eigenvalue weighted by Crippen LogP contribution is -2.13. The Hall–Kier alpha value is -3.59. The highest BCUT2D eigenvalue weighted by atomic mass is 16.5. The van der Waals surface area contributed by atoms with E-state index in [1.165, 1.54) is 16.5 Å². The zero-order valence-electron chi connectivity index (χ0n) is 20.2. The molecule has 0 saturated carbocycles. The molecule has 0 bridgehead atoms. The first-order valence-electron chi connectivity index (χ1n) is 12.2. The Bertz CT molecular complexity index is 1390. The average molecular weight is 449 g/mol. The van der Waals surface area contributed by atoms with Gasteiger partial charge in [-0.15, -0.1) is 0 Å². The third-order valence-corrected chi connectivity index (χ3v) is 6.52. The second-order valence-electron chi connectivity index (χ2n) is 9.50. The number of fused-ring (bicyclic) bond motifs is 2. The number of rotatable bonds is 8. The lowest BCUT2D eigenvalue weighted by atomic mass is 9.96. The van der Waals surface area contributed by atoms with Crippen molar-refractivity contribution in [2.45, 2.75) is 39.7 Å². The molecule has 5 rings (SSSR count). The Morgan fingerprint density at radius 3 is 2.35 bits per heavy atom. The van der Waals surface area contributed by atoms with Crippen LogP contribution in [0.4, 0.5) is 0 Å². The number of aromatic nitrogens is 2. The van der Waals surface area contributed by atoms with Crippen LogP contribution >= 0.6 is 0 Å². The lowest BCUT2D eigenvalue weighted by molar-refractivity contribution is 0.301. The van der Waals surface area contributed by atoms with Crippen LogP contribution in [0.5, 0.6) is 5.75 Å². The van der Waals surface area contributed by atoms with Gasteiger partial charge in [0.1, 0.15) is 18.2 Å². The zero-order valence-corrected chi connectivity index (χ0v) is 20.2. The van der Waals surface area contributed by atoms with Crippen molar-refractivity contribution >= 4 is 21.8 Å². The molecular formula is C31H32N2O. The molecule has 0 aliphatic rings. The van der Waals surface area contributed by atoms with E-state index >= 15 is 0 Å². The highest BCUT2D eigenvalue weighted by Gasteiger charge is 2.18. The highest BCUT2D eigenvalue weighted by Crippen LogP contribution is 2.29. The Morgan fingerprint density at radius 2 is 1.53 bits per heavy atom. The van der Waals surface area contributed by atoms with E-state index in [0.29, 0.717) is 12.5 Å². The van der Waals surface area contributed by atoms with Gasteiger partial charge in [0.15, 0.2) is 0 Å². The number of benzene rings is 4. The minimum absolute atomic E-state index is 0.193. The van der Waals surface area contributed by atoms with Crippen LogP contribution < -0.4 is 4.74 Å². The SMILES string of the molecule is CC(C)Cc1ccc(C(C)c2nc3ccccc3n2CCOc2cccc3ccccc23)cc1. The summed E-state index contributed by atoms with van der Waals surface area (Å²) in [5.74, 6) is 2.87. The molecular weight excluding hydrogens is 416 g/mol. The summed E-state index contributed by atoms with van der Waals surface area (Å²) in [6, 6.07) is 32.0. The van der Waals surface area contributed by atoms with Gasteiger partial charge in [-0.05, 0) is 47.1 Å². The molecule has 34 heavy (non-hydrogen) atoms. The van der Waals surface area contributed by atoms with Crippen LogP contribution in [0.25, 0.3) is 21.8 Å². The number of hydrogen-bond donors (Lipinski definition) is 0. The molecule has 5 aromatic rings. The van der Waals surface area contributed by atoms with Gasteiger partial charge in [-0.2, -0.15) is 0 Å². The molecule has 0 aliphatic carbocycles. The number of imidazole rings is 1. The largest absolute Gasteiger partial charge is 0.491 e. The van der Waals surface area contributed by atoms with Gasteiger partial charge < -0.3 is 9.30 Å². The summed E-state index contributed by atoms with van der Waals surface area (Å²) in [6.07, 6.45) is 1.11. The van der Waals surface area contributed by atoms with Gasteiger partial charge in [0, 0.05) is 11.3 Å². The van der Waals surface area contributed by atoms with Crippen LogP contribution in [-0.4, -0.2) is 16.2 Å². The number of para-hydroxylation sites is 2. The highest BCUT2D eigenvalue weighted by molar-refractivity contribution is 5.88. The van der Waals surface area contributed by atoms with Crippen LogP contribution in [0.15, 0.2) is 91.0 Å². The van der Waals surface area contributed by atoms with Crippen LogP contribution in [0.1, 0.15) is 43.6 Å². The first kappa shape index (κ1) is 22.2. The van der Waals surface area contributed by atoms with Gasteiger partial charge in [0.05, 0.1) is 17.6 Å². The van der Waals surface area contributed by atoms with Crippen molar-refractivity contribution in [2.24, 2.45) is 5.92 Å². The van der Waals surface area contributed by atoms with Crippen molar-refractivity contribution < 1.29 is 4.74 Å². The molecule has 0 spiro atoms. The normalized spacial score (nSPS) is 12.5. The second kappa shape index (κ2) is 9.72. The van der Waals surface area contributed by atoms with Gasteiger partial charge in [-0.3, -0.25) is 0 Å².